The summed E-state index contributed by atoms with van der Waals surface area (Å²) in [6.07, 6.45) is 1.90. The first-order valence-corrected chi connectivity index (χ1v) is 5.55. The second-order valence-corrected chi connectivity index (χ2v) is 4.06. The van der Waals surface area contributed by atoms with Crippen molar-refractivity contribution >= 4 is 5.97 Å². The highest BCUT2D eigenvalue weighted by Gasteiger charge is 2.05. The molecule has 0 radical (unpaired) electrons. The number of rotatable bonds is 5. The first-order valence-electron chi connectivity index (χ1n) is 5.55. The van der Waals surface area contributed by atoms with E-state index in [1.807, 2.05) is 19.9 Å². The number of benzene rings is 1. The van der Waals surface area contributed by atoms with Crippen molar-refractivity contribution in [2.75, 3.05) is 0 Å². The van der Waals surface area contributed by atoms with Gasteiger partial charge in [-0.05, 0) is 44.4 Å². The molecule has 16 heavy (non-hydrogen) atoms. The van der Waals surface area contributed by atoms with Crippen LogP contribution in [0.3, 0.4) is 0 Å². The standard InChI is InChI=1S/C13H18O3/c1-10(2)16-13(15)8-4-6-11-5-3-7-12(14)9-11/h3,5,7,9-10,14H,4,6,8H2,1-2H3. The van der Waals surface area contributed by atoms with Gasteiger partial charge in [-0.25, -0.2) is 0 Å². The summed E-state index contributed by atoms with van der Waals surface area (Å²) < 4.78 is 5.02. The number of aryl methyl sites for hydroxylation is 1. The number of ether oxygens (including phenoxy) is 1. The topological polar surface area (TPSA) is 46.5 Å². The summed E-state index contributed by atoms with van der Waals surface area (Å²) in [5.41, 5.74) is 1.04. The van der Waals surface area contributed by atoms with Gasteiger partial charge in [0.1, 0.15) is 5.75 Å². The zero-order chi connectivity index (χ0) is 12.0. The summed E-state index contributed by atoms with van der Waals surface area (Å²) >= 11 is 0. The van der Waals surface area contributed by atoms with Gasteiger partial charge in [0.15, 0.2) is 0 Å². The van der Waals surface area contributed by atoms with Crippen molar-refractivity contribution in [2.45, 2.75) is 39.2 Å². The first-order chi connectivity index (χ1) is 7.58. The van der Waals surface area contributed by atoms with Gasteiger partial charge in [0.05, 0.1) is 6.10 Å². The smallest absolute Gasteiger partial charge is 0.306 e. The molecule has 0 aliphatic heterocycles. The predicted octanol–water partition coefficient (Wildman–Crippen LogP) is 2.67. The lowest BCUT2D eigenvalue weighted by Gasteiger charge is -2.07. The van der Waals surface area contributed by atoms with Crippen molar-refractivity contribution in [3.63, 3.8) is 0 Å². The number of carbonyl (C=O) groups excluding carboxylic acids is 1. The van der Waals surface area contributed by atoms with E-state index in [-0.39, 0.29) is 17.8 Å². The molecule has 1 N–H and O–H groups in total. The van der Waals surface area contributed by atoms with Crippen LogP contribution in [-0.4, -0.2) is 17.2 Å². The Balaban J connectivity index is 2.28. The maximum atomic E-state index is 11.2. The van der Waals surface area contributed by atoms with E-state index in [1.165, 1.54) is 0 Å². The van der Waals surface area contributed by atoms with Crippen LogP contribution >= 0.6 is 0 Å². The van der Waals surface area contributed by atoms with Crippen molar-refractivity contribution in [3.05, 3.63) is 29.8 Å². The van der Waals surface area contributed by atoms with Crippen LogP contribution in [-0.2, 0) is 16.0 Å². The first kappa shape index (κ1) is 12.6. The number of hydrogen-bond acceptors (Lipinski definition) is 3. The van der Waals surface area contributed by atoms with Gasteiger partial charge < -0.3 is 9.84 Å². The van der Waals surface area contributed by atoms with E-state index in [9.17, 15) is 9.90 Å². The molecular formula is C13H18O3. The molecule has 0 amide bonds. The van der Waals surface area contributed by atoms with Crippen LogP contribution in [0.15, 0.2) is 24.3 Å². The lowest BCUT2D eigenvalue weighted by atomic mass is 10.1. The summed E-state index contributed by atoms with van der Waals surface area (Å²) in [5, 5.41) is 9.25. The molecule has 0 aliphatic rings. The summed E-state index contributed by atoms with van der Waals surface area (Å²) in [7, 11) is 0. The lowest BCUT2D eigenvalue weighted by molar-refractivity contribution is -0.147. The molecule has 0 bridgehead atoms. The van der Waals surface area contributed by atoms with Crippen molar-refractivity contribution in [3.8, 4) is 5.75 Å². The fourth-order valence-electron chi connectivity index (χ4n) is 1.47. The summed E-state index contributed by atoms with van der Waals surface area (Å²) in [6.45, 7) is 3.68. The maximum absolute atomic E-state index is 11.2. The van der Waals surface area contributed by atoms with Gasteiger partial charge in [0.25, 0.3) is 0 Å². The van der Waals surface area contributed by atoms with E-state index in [1.54, 1.807) is 18.2 Å². The average Bonchev–Trinajstić information content (AvgIpc) is 2.16. The number of esters is 1. The van der Waals surface area contributed by atoms with Gasteiger partial charge in [-0.15, -0.1) is 0 Å². The average molecular weight is 222 g/mol. The van der Waals surface area contributed by atoms with Gasteiger partial charge >= 0.3 is 5.97 Å². The highest BCUT2D eigenvalue weighted by molar-refractivity contribution is 5.69. The lowest BCUT2D eigenvalue weighted by Crippen LogP contribution is -2.11. The Hall–Kier alpha value is -1.51. The molecule has 1 aromatic carbocycles. The fraction of sp³-hybridized carbons (Fsp3) is 0.462. The van der Waals surface area contributed by atoms with Crippen LogP contribution in [0.2, 0.25) is 0 Å². The van der Waals surface area contributed by atoms with Gasteiger partial charge in [-0.3, -0.25) is 4.79 Å². The van der Waals surface area contributed by atoms with E-state index < -0.39 is 0 Å². The SMILES string of the molecule is CC(C)OC(=O)CCCc1cccc(O)c1. The Kier molecular flexibility index (Phi) is 4.83. The molecule has 1 aromatic rings. The van der Waals surface area contributed by atoms with E-state index in [0.717, 1.165) is 18.4 Å². The van der Waals surface area contributed by atoms with E-state index in [4.69, 9.17) is 4.74 Å². The molecular weight excluding hydrogens is 204 g/mol. The highest BCUT2D eigenvalue weighted by Crippen LogP contribution is 2.13. The minimum atomic E-state index is -0.157. The number of aromatic hydroxyl groups is 1. The Morgan fingerprint density at radius 2 is 2.19 bits per heavy atom. The minimum Gasteiger partial charge on any atom is -0.508 e. The Labute approximate surface area is 96.1 Å². The molecule has 3 heteroatoms. The predicted molar refractivity (Wildman–Crippen MR) is 62.3 cm³/mol. The molecule has 88 valence electrons. The summed E-state index contributed by atoms with van der Waals surface area (Å²) in [6, 6.07) is 7.09. The molecule has 0 aromatic heterocycles. The number of hydrogen-bond donors (Lipinski definition) is 1. The third kappa shape index (κ3) is 4.82. The molecule has 0 heterocycles. The quantitative estimate of drug-likeness (QED) is 0.779. The van der Waals surface area contributed by atoms with Crippen molar-refractivity contribution < 1.29 is 14.6 Å². The monoisotopic (exact) mass is 222 g/mol. The van der Waals surface area contributed by atoms with Crippen LogP contribution in [0.25, 0.3) is 0 Å². The summed E-state index contributed by atoms with van der Waals surface area (Å²) in [4.78, 5) is 11.2. The third-order valence-electron chi connectivity index (χ3n) is 2.12. The Morgan fingerprint density at radius 3 is 2.81 bits per heavy atom. The molecule has 0 spiro atoms. The fourth-order valence-corrected chi connectivity index (χ4v) is 1.47. The largest absolute Gasteiger partial charge is 0.508 e. The number of phenols is 1. The van der Waals surface area contributed by atoms with Gasteiger partial charge in [0, 0.05) is 6.42 Å². The van der Waals surface area contributed by atoms with Crippen molar-refractivity contribution in [1.82, 2.24) is 0 Å². The number of phenolic OH excluding ortho intramolecular Hbond substituents is 1. The Morgan fingerprint density at radius 1 is 1.44 bits per heavy atom. The van der Waals surface area contributed by atoms with Crippen LogP contribution in [0, 0.1) is 0 Å². The molecule has 1 rings (SSSR count). The molecule has 0 fully saturated rings. The van der Waals surface area contributed by atoms with Gasteiger partial charge in [0.2, 0.25) is 0 Å². The van der Waals surface area contributed by atoms with E-state index in [2.05, 4.69) is 0 Å². The number of carbonyl (C=O) groups is 1. The maximum Gasteiger partial charge on any atom is 0.306 e. The molecule has 0 saturated carbocycles. The van der Waals surface area contributed by atoms with Crippen LogP contribution < -0.4 is 0 Å². The third-order valence-corrected chi connectivity index (χ3v) is 2.12. The molecule has 0 unspecified atom stereocenters. The van der Waals surface area contributed by atoms with E-state index >= 15 is 0 Å². The van der Waals surface area contributed by atoms with Crippen LogP contribution in [0.4, 0.5) is 0 Å². The highest BCUT2D eigenvalue weighted by atomic mass is 16.5. The van der Waals surface area contributed by atoms with Gasteiger partial charge in [-0.2, -0.15) is 0 Å². The minimum absolute atomic E-state index is 0.0479. The normalized spacial score (nSPS) is 10.4. The zero-order valence-corrected chi connectivity index (χ0v) is 9.77. The van der Waals surface area contributed by atoms with Crippen LogP contribution in [0.1, 0.15) is 32.3 Å². The van der Waals surface area contributed by atoms with Gasteiger partial charge in [-0.1, -0.05) is 12.1 Å². The molecule has 0 atom stereocenters. The Bertz CT molecular complexity index is 345. The van der Waals surface area contributed by atoms with Crippen molar-refractivity contribution in [2.24, 2.45) is 0 Å². The van der Waals surface area contributed by atoms with E-state index in [0.29, 0.717) is 6.42 Å². The van der Waals surface area contributed by atoms with Crippen molar-refractivity contribution in [1.29, 1.82) is 0 Å². The molecule has 0 aliphatic carbocycles. The zero-order valence-electron chi connectivity index (χ0n) is 9.77. The summed E-state index contributed by atoms with van der Waals surface area (Å²) in [5.74, 6) is 0.109. The molecule has 3 nitrogen and oxygen atoms in total. The second-order valence-electron chi connectivity index (χ2n) is 4.06. The second kappa shape index (κ2) is 6.16. The molecule has 0 saturated heterocycles. The van der Waals surface area contributed by atoms with Crippen LogP contribution in [0.5, 0.6) is 5.75 Å².